The van der Waals surface area contributed by atoms with Crippen LogP contribution in [0.2, 0.25) is 0 Å². The van der Waals surface area contributed by atoms with Gasteiger partial charge in [-0.25, -0.2) is 9.37 Å². The molecule has 0 spiro atoms. The molecule has 0 saturated carbocycles. The van der Waals surface area contributed by atoms with E-state index >= 15 is 0 Å². The molecular formula is C25H21ClFN5O. The Hall–Kier alpha value is -3.71. The van der Waals surface area contributed by atoms with Crippen LogP contribution < -0.4 is 4.74 Å². The molecule has 2 aliphatic rings. The summed E-state index contributed by atoms with van der Waals surface area (Å²) in [6.07, 6.45) is 5.62. The molecule has 8 heteroatoms. The van der Waals surface area contributed by atoms with Crippen LogP contribution >= 0.6 is 11.6 Å². The topological polar surface area (TPSA) is 57.8 Å². The van der Waals surface area contributed by atoms with Gasteiger partial charge in [0.1, 0.15) is 17.3 Å². The lowest BCUT2D eigenvalue weighted by atomic mass is 10.0. The Morgan fingerprint density at radius 2 is 1.91 bits per heavy atom. The first-order chi connectivity index (χ1) is 16.1. The molecule has 0 saturated heterocycles. The van der Waals surface area contributed by atoms with Gasteiger partial charge in [0.2, 0.25) is 0 Å². The van der Waals surface area contributed by atoms with Crippen molar-refractivity contribution in [3.8, 4) is 34.1 Å². The quantitative estimate of drug-likeness (QED) is 0.312. The van der Waals surface area contributed by atoms with Crippen molar-refractivity contribution in [3.05, 3.63) is 90.4 Å². The fourth-order valence-corrected chi connectivity index (χ4v) is 4.35. The highest BCUT2D eigenvalue weighted by Gasteiger charge is 2.23. The fraction of sp³-hybridized carbons (Fsp3) is 0.160. The molecule has 0 radical (unpaired) electrons. The number of imidazole rings is 1. The number of hydrogen-bond donors (Lipinski definition) is 0. The van der Waals surface area contributed by atoms with Crippen molar-refractivity contribution in [1.82, 2.24) is 24.3 Å². The van der Waals surface area contributed by atoms with E-state index in [1.165, 1.54) is 12.1 Å². The first-order valence-corrected chi connectivity index (χ1v) is 11.0. The van der Waals surface area contributed by atoms with E-state index in [2.05, 4.69) is 15.2 Å². The Balaban J connectivity index is 1.54. The van der Waals surface area contributed by atoms with Crippen molar-refractivity contribution in [3.63, 3.8) is 0 Å². The number of benzene rings is 2. The lowest BCUT2D eigenvalue weighted by molar-refractivity contribution is 0.413. The summed E-state index contributed by atoms with van der Waals surface area (Å²) in [6.45, 7) is 1.94. The average molecular weight is 462 g/mol. The highest BCUT2D eigenvalue weighted by atomic mass is 35.5. The van der Waals surface area contributed by atoms with Gasteiger partial charge in [0, 0.05) is 29.4 Å². The van der Waals surface area contributed by atoms with Crippen LogP contribution in [0.4, 0.5) is 4.39 Å². The molecule has 1 aromatic heterocycles. The number of aryl methyl sites for hydroxylation is 1. The summed E-state index contributed by atoms with van der Waals surface area (Å²) in [5.74, 6) is 1.43. The zero-order valence-corrected chi connectivity index (χ0v) is 18.9. The van der Waals surface area contributed by atoms with Gasteiger partial charge in [-0.3, -0.25) is 0 Å². The summed E-state index contributed by atoms with van der Waals surface area (Å²) in [5.41, 5.74) is 5.24. The van der Waals surface area contributed by atoms with Crippen molar-refractivity contribution < 1.29 is 9.13 Å². The van der Waals surface area contributed by atoms with Crippen molar-refractivity contribution in [2.45, 2.75) is 13.0 Å². The summed E-state index contributed by atoms with van der Waals surface area (Å²) >= 11 is 6.33. The minimum absolute atomic E-state index is 0.207. The Morgan fingerprint density at radius 3 is 2.61 bits per heavy atom. The number of methoxy groups -OCH3 is 1. The van der Waals surface area contributed by atoms with E-state index in [9.17, 15) is 4.39 Å². The third-order valence-corrected chi connectivity index (χ3v) is 5.97. The Bertz CT molecular complexity index is 1380. The van der Waals surface area contributed by atoms with Crippen LogP contribution in [0.15, 0.2) is 73.3 Å². The average Bonchev–Trinajstić information content (AvgIpc) is 3.47. The smallest absolute Gasteiger partial charge is 0.165 e. The maximum Gasteiger partial charge on any atom is 0.165 e. The molecule has 6 nitrogen and oxygen atoms in total. The SMILES string of the molecule is COc1cc(-c2nnc3n(C(CCl)c4ccc(F)cc4)cccc2-3)ccc1-n1cnc(C)c1. The molecule has 0 fully saturated rings. The molecule has 1 atom stereocenters. The third-order valence-electron chi connectivity index (χ3n) is 5.67. The Morgan fingerprint density at radius 1 is 1.09 bits per heavy atom. The molecule has 0 bridgehead atoms. The van der Waals surface area contributed by atoms with Crippen LogP contribution in [-0.4, -0.2) is 37.3 Å². The normalized spacial score (nSPS) is 12.2. The molecule has 166 valence electrons. The first-order valence-electron chi connectivity index (χ1n) is 10.4. The Labute approximate surface area is 195 Å². The number of hydrogen-bond acceptors (Lipinski definition) is 4. The number of pyridine rings is 1. The van der Waals surface area contributed by atoms with E-state index in [0.29, 0.717) is 17.5 Å². The van der Waals surface area contributed by atoms with Crippen LogP contribution in [0.25, 0.3) is 28.3 Å². The number of halogens is 2. The third kappa shape index (κ3) is 3.85. The zero-order chi connectivity index (χ0) is 22.9. The zero-order valence-electron chi connectivity index (χ0n) is 18.1. The second-order valence-electron chi connectivity index (χ2n) is 7.73. The van der Waals surface area contributed by atoms with Gasteiger partial charge in [0.25, 0.3) is 0 Å². The molecule has 0 amide bonds. The van der Waals surface area contributed by atoms with E-state index in [4.69, 9.17) is 16.3 Å². The van der Waals surface area contributed by atoms with Crippen molar-refractivity contribution in [1.29, 1.82) is 0 Å². The number of aromatic nitrogens is 5. The summed E-state index contributed by atoms with van der Waals surface area (Å²) in [6, 6.07) is 16.0. The molecule has 0 aliphatic carbocycles. The van der Waals surface area contributed by atoms with Crippen molar-refractivity contribution in [2.24, 2.45) is 0 Å². The van der Waals surface area contributed by atoms with E-state index < -0.39 is 0 Å². The predicted molar refractivity (Wildman–Crippen MR) is 126 cm³/mol. The number of rotatable bonds is 6. The number of fused-ring (bicyclic) bond motifs is 1. The molecule has 0 N–H and O–H groups in total. The van der Waals surface area contributed by atoms with Crippen LogP contribution in [-0.2, 0) is 0 Å². The molecule has 1 unspecified atom stereocenters. The lowest BCUT2D eigenvalue weighted by Crippen LogP contribution is -2.15. The first kappa shape index (κ1) is 21.2. The van der Waals surface area contributed by atoms with Gasteiger partial charge >= 0.3 is 0 Å². The summed E-state index contributed by atoms with van der Waals surface area (Å²) in [7, 11) is 1.64. The van der Waals surface area contributed by atoms with E-state index in [1.807, 2.05) is 58.8 Å². The van der Waals surface area contributed by atoms with Gasteiger partial charge in [0.05, 0.1) is 30.9 Å². The highest BCUT2D eigenvalue weighted by molar-refractivity contribution is 6.18. The minimum atomic E-state index is -0.283. The molecular weight excluding hydrogens is 441 g/mol. The fourth-order valence-electron chi connectivity index (χ4n) is 4.02. The van der Waals surface area contributed by atoms with Crippen LogP contribution in [0, 0.1) is 12.7 Å². The molecule has 2 aromatic carbocycles. The maximum absolute atomic E-state index is 13.4. The van der Waals surface area contributed by atoms with Gasteiger partial charge in [-0.2, -0.15) is 0 Å². The predicted octanol–water partition coefficient (Wildman–Crippen LogP) is 5.52. The number of nitrogens with zero attached hydrogens (tertiary/aromatic N) is 5. The second-order valence-corrected chi connectivity index (χ2v) is 8.04. The molecule has 33 heavy (non-hydrogen) atoms. The van der Waals surface area contributed by atoms with E-state index in [-0.39, 0.29) is 11.9 Å². The van der Waals surface area contributed by atoms with Gasteiger partial charge < -0.3 is 13.9 Å². The summed E-state index contributed by atoms with van der Waals surface area (Å²) in [5, 5.41) is 8.95. The van der Waals surface area contributed by atoms with Crippen molar-refractivity contribution >= 4 is 11.6 Å². The van der Waals surface area contributed by atoms with Gasteiger partial charge in [-0.05, 0) is 48.9 Å². The van der Waals surface area contributed by atoms with Gasteiger partial charge in [0.15, 0.2) is 5.82 Å². The molecule has 2 aliphatic heterocycles. The number of ether oxygens (including phenoxy) is 1. The van der Waals surface area contributed by atoms with Crippen LogP contribution in [0.3, 0.4) is 0 Å². The molecule has 5 rings (SSSR count). The summed E-state index contributed by atoms with van der Waals surface area (Å²) in [4.78, 5) is 4.30. The van der Waals surface area contributed by atoms with Gasteiger partial charge in [-0.1, -0.05) is 18.2 Å². The van der Waals surface area contributed by atoms with E-state index in [0.717, 1.165) is 33.8 Å². The molecule has 3 heterocycles. The van der Waals surface area contributed by atoms with Crippen LogP contribution in [0.5, 0.6) is 5.75 Å². The standard InChI is InChI=1S/C25H21ClFN5O/c1-16-14-31(15-28-16)21-10-7-18(12-23(21)33-2)24-20-4-3-11-32(25(20)30-29-24)22(13-26)17-5-8-19(27)9-6-17/h3-12,14-15,22H,13H2,1-2H3. The minimum Gasteiger partial charge on any atom is -0.495 e. The largest absolute Gasteiger partial charge is 0.495 e. The van der Waals surface area contributed by atoms with Gasteiger partial charge in [-0.15, -0.1) is 21.8 Å². The summed E-state index contributed by atoms with van der Waals surface area (Å²) < 4.78 is 23.0. The monoisotopic (exact) mass is 461 g/mol. The maximum atomic E-state index is 13.4. The van der Waals surface area contributed by atoms with Crippen LogP contribution in [0.1, 0.15) is 17.3 Å². The van der Waals surface area contributed by atoms with E-state index in [1.54, 1.807) is 25.6 Å². The van der Waals surface area contributed by atoms with Crippen molar-refractivity contribution in [2.75, 3.05) is 13.0 Å². The number of alkyl halides is 1. The highest BCUT2D eigenvalue weighted by Crippen LogP contribution is 2.37. The lowest BCUT2D eigenvalue weighted by Gasteiger charge is -2.21. The Kier molecular flexibility index (Phi) is 5.56. The molecule has 3 aromatic rings. The second kappa shape index (κ2) is 8.67.